The largest absolute Gasteiger partial charge is 0.280 e. The van der Waals surface area contributed by atoms with Crippen molar-refractivity contribution in [2.24, 2.45) is 5.92 Å². The number of unbranched alkanes of at least 4 members (excludes halogenated alkanes) is 2. The van der Waals surface area contributed by atoms with Crippen LogP contribution < -0.4 is 15.9 Å². The predicted octanol–water partition coefficient (Wildman–Crippen LogP) is 5.57. The maximum Gasteiger partial charge on any atom is 0.233 e. The Bertz CT molecular complexity index is 997. The Hall–Kier alpha value is -2.81. The van der Waals surface area contributed by atoms with Crippen LogP contribution in [-0.4, -0.2) is 11.1 Å². The molecule has 0 aromatic heterocycles. The number of rotatable bonds is 7. The lowest BCUT2D eigenvalue weighted by atomic mass is 10.1. The van der Waals surface area contributed by atoms with Crippen molar-refractivity contribution >= 4 is 33.9 Å². The predicted molar refractivity (Wildman–Crippen MR) is 137 cm³/mol. The second-order valence-electron chi connectivity index (χ2n) is 7.95. The van der Waals surface area contributed by atoms with E-state index in [1.165, 1.54) is 15.9 Å². The zero-order valence-electron chi connectivity index (χ0n) is 18.7. The lowest BCUT2D eigenvalue weighted by Crippen LogP contribution is -2.35. The smallest absolute Gasteiger partial charge is 0.233 e. The van der Waals surface area contributed by atoms with E-state index in [9.17, 15) is 4.79 Å². The number of benzene rings is 3. The summed E-state index contributed by atoms with van der Waals surface area (Å²) in [6.45, 7) is 4.04. The lowest BCUT2D eigenvalue weighted by Gasteiger charge is -2.33. The van der Waals surface area contributed by atoms with Crippen LogP contribution in [0.15, 0.2) is 91.0 Å². The van der Waals surface area contributed by atoms with Crippen LogP contribution in [0.25, 0.3) is 0 Å². The monoisotopic (exact) mass is 426 g/mol. The second-order valence-corrected chi connectivity index (χ2v) is 11.3. The van der Waals surface area contributed by atoms with E-state index in [1.54, 1.807) is 0 Å². The normalized spacial score (nSPS) is 11.0. The van der Waals surface area contributed by atoms with Gasteiger partial charge in [0.2, 0.25) is 5.78 Å². The van der Waals surface area contributed by atoms with Gasteiger partial charge in [-0.25, -0.2) is 0 Å². The van der Waals surface area contributed by atoms with Crippen LogP contribution in [0.1, 0.15) is 40.0 Å². The van der Waals surface area contributed by atoms with Crippen LogP contribution in [0.5, 0.6) is 0 Å². The number of carbonyl (C=O) groups is 1. The first-order valence-corrected chi connectivity index (χ1v) is 12.9. The van der Waals surface area contributed by atoms with E-state index in [2.05, 4.69) is 105 Å². The topological polar surface area (TPSA) is 17.1 Å². The van der Waals surface area contributed by atoms with Gasteiger partial charge in [-0.3, -0.25) is 4.79 Å². The number of hydrogen-bond donors (Lipinski definition) is 0. The molecular formula is C29H31OP. The molecule has 3 aromatic rings. The van der Waals surface area contributed by atoms with Crippen molar-refractivity contribution < 1.29 is 4.79 Å². The summed E-state index contributed by atoms with van der Waals surface area (Å²) in [5.74, 6) is 6.21. The Kier molecular flexibility index (Phi) is 8.11. The maximum atomic E-state index is 13.7. The Labute approximate surface area is 187 Å². The number of ketones is 1. The molecule has 0 aliphatic rings. The van der Waals surface area contributed by atoms with Gasteiger partial charge in [0.1, 0.15) is 0 Å². The molecule has 3 rings (SSSR count). The zero-order valence-corrected chi connectivity index (χ0v) is 19.6. The third-order valence-electron chi connectivity index (χ3n) is 5.43. The first kappa shape index (κ1) is 22.9. The van der Waals surface area contributed by atoms with Crippen LogP contribution in [-0.2, 0) is 4.79 Å². The maximum absolute atomic E-state index is 13.7. The number of carbonyl (C=O) groups excluding carboxylic acids is 1. The van der Waals surface area contributed by atoms with Gasteiger partial charge in [0.15, 0.2) is 0 Å². The Morgan fingerprint density at radius 3 is 1.55 bits per heavy atom. The fourth-order valence-electron chi connectivity index (χ4n) is 4.09. The first-order chi connectivity index (χ1) is 15.1. The zero-order chi connectivity index (χ0) is 22.1. The van der Waals surface area contributed by atoms with E-state index in [4.69, 9.17) is 0 Å². The van der Waals surface area contributed by atoms with Crippen molar-refractivity contribution in [1.82, 2.24) is 0 Å². The van der Waals surface area contributed by atoms with Crippen molar-refractivity contribution in [3.8, 4) is 11.8 Å². The molecule has 0 radical (unpaired) electrons. The van der Waals surface area contributed by atoms with E-state index < -0.39 is 6.89 Å². The van der Waals surface area contributed by atoms with Gasteiger partial charge in [-0.05, 0) is 41.1 Å². The lowest BCUT2D eigenvalue weighted by molar-refractivity contribution is -0.108. The average Bonchev–Trinajstić information content (AvgIpc) is 2.81. The summed E-state index contributed by atoms with van der Waals surface area (Å²) in [6.07, 6.45) is 2.87. The molecule has 0 aliphatic heterocycles. The summed E-state index contributed by atoms with van der Waals surface area (Å²) >= 11 is 0. The fourth-order valence-corrected chi connectivity index (χ4v) is 8.82. The SMILES string of the molecule is CCCCC#CC(=O)C(C(C)C)=P(c1ccccc1)(c1ccccc1)c1ccccc1. The molecule has 0 spiro atoms. The van der Waals surface area contributed by atoms with Crippen molar-refractivity contribution in [2.45, 2.75) is 40.0 Å². The van der Waals surface area contributed by atoms with E-state index in [-0.39, 0.29) is 11.7 Å². The molecule has 2 heteroatoms. The Balaban J connectivity index is 2.48. The minimum absolute atomic E-state index is 0.0176. The van der Waals surface area contributed by atoms with E-state index in [0.29, 0.717) is 0 Å². The van der Waals surface area contributed by atoms with E-state index >= 15 is 0 Å². The summed E-state index contributed by atoms with van der Waals surface area (Å²) in [4.78, 5) is 13.7. The van der Waals surface area contributed by atoms with Gasteiger partial charge in [0, 0.05) is 11.7 Å². The molecule has 0 unspecified atom stereocenters. The molecular weight excluding hydrogens is 395 g/mol. The first-order valence-electron chi connectivity index (χ1n) is 11.1. The minimum atomic E-state index is -2.37. The summed E-state index contributed by atoms with van der Waals surface area (Å²) in [5, 5.41) is 4.51. The molecule has 31 heavy (non-hydrogen) atoms. The summed E-state index contributed by atoms with van der Waals surface area (Å²) < 4.78 is 0. The van der Waals surface area contributed by atoms with Crippen molar-refractivity contribution in [2.75, 3.05) is 0 Å². The van der Waals surface area contributed by atoms with Gasteiger partial charge >= 0.3 is 0 Å². The highest BCUT2D eigenvalue weighted by atomic mass is 31.2. The Morgan fingerprint density at radius 1 is 0.774 bits per heavy atom. The van der Waals surface area contributed by atoms with Gasteiger partial charge in [-0.15, -0.1) is 0 Å². The van der Waals surface area contributed by atoms with E-state index in [0.717, 1.165) is 24.6 Å². The summed E-state index contributed by atoms with van der Waals surface area (Å²) in [5.41, 5.74) is 0. The molecule has 0 aliphatic carbocycles. The van der Waals surface area contributed by atoms with Crippen LogP contribution in [0.3, 0.4) is 0 Å². The molecule has 1 nitrogen and oxygen atoms in total. The molecule has 0 amide bonds. The van der Waals surface area contributed by atoms with E-state index in [1.807, 2.05) is 18.2 Å². The molecule has 0 heterocycles. The minimum Gasteiger partial charge on any atom is -0.280 e. The van der Waals surface area contributed by atoms with Gasteiger partial charge in [0.05, 0.1) is 0 Å². The summed E-state index contributed by atoms with van der Waals surface area (Å²) in [7, 11) is 0. The molecule has 0 N–H and O–H groups in total. The molecule has 3 aromatic carbocycles. The van der Waals surface area contributed by atoms with Crippen LogP contribution >= 0.6 is 6.89 Å². The van der Waals surface area contributed by atoms with Gasteiger partial charge < -0.3 is 0 Å². The molecule has 0 saturated heterocycles. The molecule has 0 bridgehead atoms. The standard InChI is InChI=1S/C29H31OP/c1-4-5-6-16-23-28(30)29(24(2)3)31(25-17-10-7-11-18-25,26-19-12-8-13-20-26)27-21-14-9-15-22-27/h7-15,17-22,24H,4-6H2,1-3H3. The third kappa shape index (κ3) is 4.92. The quantitative estimate of drug-likeness (QED) is 0.209. The van der Waals surface area contributed by atoms with Gasteiger partial charge in [0.25, 0.3) is 0 Å². The molecule has 0 saturated carbocycles. The van der Waals surface area contributed by atoms with Crippen LogP contribution in [0, 0.1) is 17.8 Å². The van der Waals surface area contributed by atoms with Gasteiger partial charge in [-0.1, -0.05) is 124 Å². The average molecular weight is 427 g/mol. The fraction of sp³-hybridized carbons (Fsp3) is 0.241. The number of hydrogen-bond acceptors (Lipinski definition) is 1. The van der Waals surface area contributed by atoms with Crippen LogP contribution in [0.2, 0.25) is 0 Å². The highest BCUT2D eigenvalue weighted by molar-refractivity contribution is 7.96. The highest BCUT2D eigenvalue weighted by Gasteiger charge is 2.33. The summed E-state index contributed by atoms with van der Waals surface area (Å²) in [6, 6.07) is 31.6. The molecule has 0 fully saturated rings. The van der Waals surface area contributed by atoms with Crippen molar-refractivity contribution in [1.29, 1.82) is 0 Å². The second kappa shape index (κ2) is 11.0. The van der Waals surface area contributed by atoms with Crippen LogP contribution in [0.4, 0.5) is 0 Å². The Morgan fingerprint density at radius 2 is 1.19 bits per heavy atom. The van der Waals surface area contributed by atoms with Crippen molar-refractivity contribution in [3.05, 3.63) is 91.0 Å². The molecule has 0 atom stereocenters. The van der Waals surface area contributed by atoms with Gasteiger partial charge in [-0.2, -0.15) is 0 Å². The number of Topliss-reactive ketones (excluding diaryl/α,β-unsaturated/α-hetero) is 1. The highest BCUT2D eigenvalue weighted by Crippen LogP contribution is 2.47. The van der Waals surface area contributed by atoms with Crippen molar-refractivity contribution in [3.63, 3.8) is 0 Å². The molecule has 158 valence electrons. The third-order valence-corrected chi connectivity index (χ3v) is 10.1.